The largest absolute Gasteiger partial charge is 0.492 e. The maximum absolute atomic E-state index is 12.6. The van der Waals surface area contributed by atoms with Gasteiger partial charge in [0.1, 0.15) is 12.4 Å². The summed E-state index contributed by atoms with van der Waals surface area (Å²) in [4.78, 5) is 14.4. The highest BCUT2D eigenvalue weighted by molar-refractivity contribution is 5.79. The molecule has 0 N–H and O–H groups in total. The molecule has 0 radical (unpaired) electrons. The second kappa shape index (κ2) is 6.31. The summed E-state index contributed by atoms with van der Waals surface area (Å²) in [6, 6.07) is 6.23. The zero-order valence-electron chi connectivity index (χ0n) is 14.0. The Kier molecular flexibility index (Phi) is 4.42. The van der Waals surface area contributed by atoms with Crippen LogP contribution in [0, 0.1) is 31.6 Å². The summed E-state index contributed by atoms with van der Waals surface area (Å²) in [5.74, 6) is 2.98. The van der Waals surface area contributed by atoms with E-state index in [2.05, 4.69) is 19.9 Å². The number of carbonyl (C=O) groups is 1. The molecular formula is C19H27NO2. The Morgan fingerprint density at radius 2 is 1.91 bits per heavy atom. The van der Waals surface area contributed by atoms with Crippen molar-refractivity contribution < 1.29 is 9.53 Å². The number of aryl methyl sites for hydroxylation is 2. The molecule has 1 amide bonds. The molecule has 3 rings (SSSR count). The third-order valence-corrected chi connectivity index (χ3v) is 5.32. The van der Waals surface area contributed by atoms with Crippen LogP contribution in [0.25, 0.3) is 0 Å². The van der Waals surface area contributed by atoms with Gasteiger partial charge < -0.3 is 9.64 Å². The van der Waals surface area contributed by atoms with Gasteiger partial charge in [0.15, 0.2) is 0 Å². The van der Waals surface area contributed by atoms with Crippen LogP contribution in [0.5, 0.6) is 5.75 Å². The first kappa shape index (κ1) is 15.4. The van der Waals surface area contributed by atoms with Gasteiger partial charge in [-0.25, -0.2) is 0 Å². The molecule has 1 aromatic carbocycles. The molecule has 3 heteroatoms. The van der Waals surface area contributed by atoms with E-state index in [-0.39, 0.29) is 5.92 Å². The Hall–Kier alpha value is -1.51. The molecule has 22 heavy (non-hydrogen) atoms. The fourth-order valence-corrected chi connectivity index (χ4v) is 4.26. The van der Waals surface area contributed by atoms with Gasteiger partial charge >= 0.3 is 0 Å². The lowest BCUT2D eigenvalue weighted by Gasteiger charge is -2.26. The van der Waals surface area contributed by atoms with E-state index in [1.54, 1.807) is 0 Å². The number of ether oxygens (including phenoxy) is 1. The standard InChI is InChI=1S/C19H27NO2/c1-13-8-14(2)10-17(9-13)22-7-6-20(3)19(21)18-12-15-4-5-16(18)11-15/h8-10,15-16,18H,4-7,11-12H2,1-3H3. The van der Waals surface area contributed by atoms with Gasteiger partial charge in [-0.15, -0.1) is 0 Å². The van der Waals surface area contributed by atoms with Crippen molar-refractivity contribution in [2.45, 2.75) is 39.5 Å². The molecule has 2 aliphatic carbocycles. The molecule has 3 atom stereocenters. The molecular weight excluding hydrogens is 274 g/mol. The van der Waals surface area contributed by atoms with Crippen molar-refractivity contribution in [1.29, 1.82) is 0 Å². The lowest BCUT2D eigenvalue weighted by molar-refractivity contribution is -0.136. The van der Waals surface area contributed by atoms with Gasteiger partial charge in [-0.05, 0) is 68.2 Å². The highest BCUT2D eigenvalue weighted by Gasteiger charge is 2.43. The predicted octanol–water partition coefficient (Wildman–Crippen LogP) is 3.58. The number of fused-ring (bicyclic) bond motifs is 2. The molecule has 2 fully saturated rings. The Balaban J connectivity index is 1.47. The fraction of sp³-hybridized carbons (Fsp3) is 0.632. The molecule has 2 bridgehead atoms. The maximum atomic E-state index is 12.6. The van der Waals surface area contributed by atoms with Crippen LogP contribution in [-0.2, 0) is 4.79 Å². The molecule has 0 aliphatic heterocycles. The van der Waals surface area contributed by atoms with Crippen molar-refractivity contribution in [3.8, 4) is 5.75 Å². The van der Waals surface area contributed by atoms with Gasteiger partial charge in [0.05, 0.1) is 6.54 Å². The van der Waals surface area contributed by atoms with E-state index in [1.165, 1.54) is 30.4 Å². The third-order valence-electron chi connectivity index (χ3n) is 5.32. The van der Waals surface area contributed by atoms with Crippen LogP contribution < -0.4 is 4.74 Å². The van der Waals surface area contributed by atoms with Gasteiger partial charge in [0, 0.05) is 13.0 Å². The van der Waals surface area contributed by atoms with Crippen molar-refractivity contribution in [2.75, 3.05) is 20.2 Å². The Bertz CT molecular complexity index is 534. The summed E-state index contributed by atoms with van der Waals surface area (Å²) in [5.41, 5.74) is 2.42. The number of likely N-dealkylation sites (N-methyl/N-ethyl adjacent to an activating group) is 1. The molecule has 3 unspecified atom stereocenters. The van der Waals surface area contributed by atoms with Crippen LogP contribution in [0.2, 0.25) is 0 Å². The maximum Gasteiger partial charge on any atom is 0.225 e. The number of hydrogen-bond donors (Lipinski definition) is 0. The van der Waals surface area contributed by atoms with E-state index in [9.17, 15) is 4.79 Å². The summed E-state index contributed by atoms with van der Waals surface area (Å²) in [5, 5.41) is 0. The van der Waals surface area contributed by atoms with Crippen LogP contribution in [-0.4, -0.2) is 31.0 Å². The number of rotatable bonds is 5. The van der Waals surface area contributed by atoms with Crippen molar-refractivity contribution in [1.82, 2.24) is 4.90 Å². The number of nitrogens with zero attached hydrogens (tertiary/aromatic N) is 1. The van der Waals surface area contributed by atoms with Crippen molar-refractivity contribution in [3.63, 3.8) is 0 Å². The quantitative estimate of drug-likeness (QED) is 0.832. The van der Waals surface area contributed by atoms with E-state index in [0.717, 1.165) is 18.1 Å². The first-order valence-electron chi connectivity index (χ1n) is 8.49. The number of benzene rings is 1. The van der Waals surface area contributed by atoms with Gasteiger partial charge in [-0.2, -0.15) is 0 Å². The van der Waals surface area contributed by atoms with Crippen molar-refractivity contribution >= 4 is 5.91 Å². The summed E-state index contributed by atoms with van der Waals surface area (Å²) < 4.78 is 5.82. The SMILES string of the molecule is Cc1cc(C)cc(OCCN(C)C(=O)C2CC3CCC2C3)c1. The molecule has 0 spiro atoms. The van der Waals surface area contributed by atoms with Crippen molar-refractivity contribution in [2.24, 2.45) is 17.8 Å². The minimum absolute atomic E-state index is 0.282. The van der Waals surface area contributed by atoms with E-state index >= 15 is 0 Å². The molecule has 0 heterocycles. The molecule has 2 saturated carbocycles. The van der Waals surface area contributed by atoms with Gasteiger partial charge in [-0.1, -0.05) is 12.5 Å². The highest BCUT2D eigenvalue weighted by atomic mass is 16.5. The first-order valence-corrected chi connectivity index (χ1v) is 8.49. The Morgan fingerprint density at radius 3 is 2.50 bits per heavy atom. The Labute approximate surface area is 133 Å². The summed E-state index contributed by atoms with van der Waals surface area (Å²) in [6.45, 7) is 5.38. The molecule has 0 aromatic heterocycles. The zero-order valence-corrected chi connectivity index (χ0v) is 14.0. The Morgan fingerprint density at radius 1 is 1.18 bits per heavy atom. The fourth-order valence-electron chi connectivity index (χ4n) is 4.26. The summed E-state index contributed by atoms with van der Waals surface area (Å²) in [6.07, 6.45) is 5.00. The minimum atomic E-state index is 0.282. The molecule has 120 valence electrons. The molecule has 0 saturated heterocycles. The number of carbonyl (C=O) groups excluding carboxylic acids is 1. The van der Waals surface area contributed by atoms with E-state index in [4.69, 9.17) is 4.74 Å². The topological polar surface area (TPSA) is 29.5 Å². The average Bonchev–Trinajstić information content (AvgIpc) is 3.08. The average molecular weight is 301 g/mol. The second-order valence-corrected chi connectivity index (χ2v) is 7.21. The van der Waals surface area contributed by atoms with Crippen LogP contribution >= 0.6 is 0 Å². The highest BCUT2D eigenvalue weighted by Crippen LogP contribution is 2.48. The monoisotopic (exact) mass is 301 g/mol. The smallest absolute Gasteiger partial charge is 0.225 e. The lowest BCUT2D eigenvalue weighted by atomic mass is 9.88. The van der Waals surface area contributed by atoms with E-state index in [0.29, 0.717) is 25.0 Å². The van der Waals surface area contributed by atoms with Gasteiger partial charge in [-0.3, -0.25) is 4.79 Å². The van der Waals surface area contributed by atoms with Crippen LogP contribution in [0.4, 0.5) is 0 Å². The minimum Gasteiger partial charge on any atom is -0.492 e. The molecule has 3 nitrogen and oxygen atoms in total. The first-order chi connectivity index (χ1) is 10.5. The van der Waals surface area contributed by atoms with Crippen LogP contribution in [0.3, 0.4) is 0 Å². The normalized spacial score (nSPS) is 26.2. The molecule has 1 aromatic rings. The second-order valence-electron chi connectivity index (χ2n) is 7.21. The molecule has 2 aliphatic rings. The number of amides is 1. The summed E-state index contributed by atoms with van der Waals surface area (Å²) >= 11 is 0. The van der Waals surface area contributed by atoms with Gasteiger partial charge in [0.2, 0.25) is 5.91 Å². The lowest BCUT2D eigenvalue weighted by Crippen LogP contribution is -2.37. The predicted molar refractivity (Wildman–Crippen MR) is 88.0 cm³/mol. The third kappa shape index (κ3) is 3.29. The summed E-state index contributed by atoms with van der Waals surface area (Å²) in [7, 11) is 1.92. The zero-order chi connectivity index (χ0) is 15.7. The van der Waals surface area contributed by atoms with Crippen LogP contribution in [0.1, 0.15) is 36.8 Å². The van der Waals surface area contributed by atoms with E-state index in [1.807, 2.05) is 24.1 Å². The number of hydrogen-bond acceptors (Lipinski definition) is 2. The van der Waals surface area contributed by atoms with Crippen LogP contribution in [0.15, 0.2) is 18.2 Å². The van der Waals surface area contributed by atoms with Crippen molar-refractivity contribution in [3.05, 3.63) is 29.3 Å². The van der Waals surface area contributed by atoms with E-state index < -0.39 is 0 Å². The van der Waals surface area contributed by atoms with Gasteiger partial charge in [0.25, 0.3) is 0 Å².